The molecule has 0 amide bonds. The molecule has 2 radical (unpaired) electrons. The van der Waals surface area contributed by atoms with Gasteiger partial charge in [-0.2, -0.15) is 0 Å². The molecule has 0 saturated heterocycles. The molecular formula is C19H27B2F8Ir-2. The van der Waals surface area contributed by atoms with Crippen LogP contribution < -0.4 is 0 Å². The fourth-order valence-corrected chi connectivity index (χ4v) is 2.61. The molecule has 0 N–H and O–H groups in total. The topological polar surface area (TPSA) is 0 Å². The van der Waals surface area contributed by atoms with E-state index in [2.05, 4.69) is 73.6 Å². The maximum Gasteiger partial charge on any atom is 0.673 e. The van der Waals surface area contributed by atoms with Gasteiger partial charge in [0.15, 0.2) is 0 Å². The summed E-state index contributed by atoms with van der Waals surface area (Å²) in [5, 5.41) is 0. The van der Waals surface area contributed by atoms with E-state index in [4.69, 9.17) is 0 Å². The molecule has 0 nitrogen and oxygen atoms in total. The van der Waals surface area contributed by atoms with Gasteiger partial charge in [-0.25, -0.2) is 0 Å². The Balaban J connectivity index is -0.000000337. The maximum atomic E-state index is 9.75. The van der Waals surface area contributed by atoms with Crippen molar-refractivity contribution in [2.75, 3.05) is 0 Å². The Morgan fingerprint density at radius 1 is 0.433 bits per heavy atom. The van der Waals surface area contributed by atoms with Crippen molar-refractivity contribution in [1.82, 2.24) is 0 Å². The first-order chi connectivity index (χ1) is 12.7. The molecule has 0 aromatic heterocycles. The Morgan fingerprint density at radius 3 is 0.700 bits per heavy atom. The van der Waals surface area contributed by atoms with Crippen LogP contribution in [0.15, 0.2) is 40.5 Å². The molecule has 0 fully saturated rings. The van der Waals surface area contributed by atoms with Crippen molar-refractivity contribution < 1.29 is 54.6 Å². The van der Waals surface area contributed by atoms with Crippen LogP contribution >= 0.6 is 0 Å². The third-order valence-corrected chi connectivity index (χ3v) is 4.18. The van der Waals surface area contributed by atoms with Crippen molar-refractivity contribution in [3.05, 3.63) is 63.1 Å². The Hall–Kier alpha value is -1.08. The molecule has 0 saturated carbocycles. The van der Waals surface area contributed by atoms with Gasteiger partial charge in [0.05, 0.1) is 0 Å². The summed E-state index contributed by atoms with van der Waals surface area (Å²) in [6, 6.07) is 6.56. The third kappa shape index (κ3) is 18.9. The van der Waals surface area contributed by atoms with E-state index >= 15 is 0 Å². The number of benzene rings is 1. The van der Waals surface area contributed by atoms with Crippen molar-refractivity contribution in [1.29, 1.82) is 0 Å². The summed E-state index contributed by atoms with van der Waals surface area (Å²) in [7, 11) is -12.0. The quantitative estimate of drug-likeness (QED) is 0.202. The number of aryl methyl sites for hydroxylation is 3. The molecule has 0 spiro atoms. The van der Waals surface area contributed by atoms with Crippen molar-refractivity contribution in [3.63, 3.8) is 0 Å². The zero-order valence-electron chi connectivity index (χ0n) is 18.2. The van der Waals surface area contributed by atoms with Crippen LogP contribution in [0.4, 0.5) is 34.5 Å². The molecule has 2 rings (SSSR count). The number of allylic oxidation sites excluding steroid dienone is 4. The Morgan fingerprint density at radius 2 is 0.600 bits per heavy atom. The molecular weight excluding hydrogens is 594 g/mol. The van der Waals surface area contributed by atoms with Gasteiger partial charge in [0, 0.05) is 26.0 Å². The van der Waals surface area contributed by atoms with E-state index in [1.807, 2.05) is 0 Å². The second-order valence-electron chi connectivity index (χ2n) is 6.78. The first-order valence-corrected chi connectivity index (χ1v) is 8.73. The Kier molecular flexibility index (Phi) is 15.7. The van der Waals surface area contributed by atoms with Gasteiger partial charge >= 0.3 is 14.5 Å². The van der Waals surface area contributed by atoms with Gasteiger partial charge in [0.2, 0.25) is 0 Å². The molecule has 11 heteroatoms. The second-order valence-corrected chi connectivity index (χ2v) is 6.78. The van der Waals surface area contributed by atoms with Crippen LogP contribution in [0.25, 0.3) is 0 Å². The predicted molar refractivity (Wildman–Crippen MR) is 107 cm³/mol. The summed E-state index contributed by atoms with van der Waals surface area (Å²) in [5.41, 5.74) is 9.93. The minimum Gasteiger partial charge on any atom is -0.418 e. The van der Waals surface area contributed by atoms with Crippen LogP contribution in [0, 0.1) is 26.7 Å². The standard InChI is InChI=1S/C10H15.C9H12.2BF4.Ir/c1-6-7(2)9(4)10(5)8(6)3;1-7-4-8(2)6-9(3)5-7;2*2-1(3,4)5;/h1-5H3;4-6H,1-3H3;;;/q;;2*-1;. The Labute approximate surface area is 187 Å². The maximum absolute atomic E-state index is 9.75. The first-order valence-electron chi connectivity index (χ1n) is 8.73. The van der Waals surface area contributed by atoms with Gasteiger partial charge in [-0.3, -0.25) is 0 Å². The summed E-state index contributed by atoms with van der Waals surface area (Å²) >= 11 is 0. The van der Waals surface area contributed by atoms with Crippen molar-refractivity contribution in [2.24, 2.45) is 0 Å². The normalized spacial score (nSPS) is 14.0. The molecule has 0 unspecified atom stereocenters. The monoisotopic (exact) mass is 622 g/mol. The number of hydrogen-bond acceptors (Lipinski definition) is 0. The van der Waals surface area contributed by atoms with Gasteiger partial charge in [-0.1, -0.05) is 53.0 Å². The molecule has 1 aliphatic rings. The summed E-state index contributed by atoms with van der Waals surface area (Å²) in [5.74, 6) is 1.47. The Bertz CT molecular complexity index is 624. The summed E-state index contributed by atoms with van der Waals surface area (Å²) in [6.07, 6.45) is 0. The van der Waals surface area contributed by atoms with Crippen LogP contribution in [-0.2, 0) is 20.1 Å². The molecule has 0 atom stereocenters. The zero-order chi connectivity index (χ0) is 23.7. The average molecular weight is 621 g/mol. The molecule has 0 bridgehead atoms. The summed E-state index contributed by atoms with van der Waals surface area (Å²) < 4.78 is 78.0. The molecule has 176 valence electrons. The zero-order valence-corrected chi connectivity index (χ0v) is 20.6. The van der Waals surface area contributed by atoms with Gasteiger partial charge in [-0.05, 0) is 59.6 Å². The van der Waals surface area contributed by atoms with Crippen molar-refractivity contribution in [3.8, 4) is 0 Å². The number of hydrogen-bond donors (Lipinski definition) is 0. The van der Waals surface area contributed by atoms with Gasteiger partial charge in [-0.15, -0.1) is 0 Å². The van der Waals surface area contributed by atoms with Gasteiger partial charge in [0.1, 0.15) is 0 Å². The van der Waals surface area contributed by atoms with Gasteiger partial charge in [0.25, 0.3) is 0 Å². The van der Waals surface area contributed by atoms with E-state index in [-0.39, 0.29) is 20.1 Å². The van der Waals surface area contributed by atoms with E-state index in [0.717, 1.165) is 0 Å². The van der Waals surface area contributed by atoms with E-state index < -0.39 is 14.5 Å². The average Bonchev–Trinajstić information content (AvgIpc) is 2.61. The minimum atomic E-state index is -6.00. The van der Waals surface area contributed by atoms with E-state index in [9.17, 15) is 34.5 Å². The summed E-state index contributed by atoms with van der Waals surface area (Å²) in [6.45, 7) is 17.4. The molecule has 1 aliphatic carbocycles. The fraction of sp³-hybridized carbons (Fsp3) is 0.421. The number of rotatable bonds is 0. The van der Waals surface area contributed by atoms with Crippen LogP contribution in [0.2, 0.25) is 0 Å². The third-order valence-electron chi connectivity index (χ3n) is 4.18. The van der Waals surface area contributed by atoms with Crippen LogP contribution in [0.5, 0.6) is 0 Å². The molecule has 30 heavy (non-hydrogen) atoms. The van der Waals surface area contributed by atoms with E-state index in [1.165, 1.54) is 44.9 Å². The second kappa shape index (κ2) is 14.1. The van der Waals surface area contributed by atoms with Crippen molar-refractivity contribution >= 4 is 14.5 Å². The van der Waals surface area contributed by atoms with Gasteiger partial charge < -0.3 is 34.5 Å². The molecule has 1 aromatic rings. The summed E-state index contributed by atoms with van der Waals surface area (Å²) in [4.78, 5) is 0. The smallest absolute Gasteiger partial charge is 0.418 e. The molecule has 1 aromatic carbocycles. The molecule has 0 aliphatic heterocycles. The SMILES string of the molecule is C[C]1C(C)=C(C)C(C)=C1C.Cc1cc(C)cc(C)c1.F[B-](F)(F)F.F[B-](F)(F)F.[Ir]. The number of halogens is 8. The van der Waals surface area contributed by atoms with E-state index in [1.54, 1.807) is 0 Å². The predicted octanol–water partition coefficient (Wildman–Crippen LogP) is 8.48. The first kappa shape index (κ1) is 33.6. The van der Waals surface area contributed by atoms with Crippen LogP contribution in [0.1, 0.15) is 51.3 Å². The largest absolute Gasteiger partial charge is 0.673 e. The van der Waals surface area contributed by atoms with Crippen LogP contribution in [-0.4, -0.2) is 14.5 Å². The fourth-order valence-electron chi connectivity index (χ4n) is 2.61. The minimum absolute atomic E-state index is 0. The molecule has 0 heterocycles. The van der Waals surface area contributed by atoms with Crippen LogP contribution in [0.3, 0.4) is 0 Å². The van der Waals surface area contributed by atoms with Crippen molar-refractivity contribution in [2.45, 2.75) is 55.4 Å². The van der Waals surface area contributed by atoms with E-state index in [0.29, 0.717) is 0 Å².